The van der Waals surface area contributed by atoms with Gasteiger partial charge in [-0.2, -0.15) is 0 Å². The highest BCUT2D eigenvalue weighted by molar-refractivity contribution is 7.45. The molecule has 1 heterocycles. The fourth-order valence-corrected chi connectivity index (χ4v) is 2.33. The first-order chi connectivity index (χ1) is 6.40. The van der Waals surface area contributed by atoms with E-state index in [-0.39, 0.29) is 6.10 Å². The molecule has 0 amide bonds. The van der Waals surface area contributed by atoms with Crippen LogP contribution in [0.2, 0.25) is 0 Å². The van der Waals surface area contributed by atoms with Crippen LogP contribution in [0.1, 0.15) is 11.7 Å². The Bertz CT molecular complexity index is 268. The minimum absolute atomic E-state index is 0.146. The number of benzene rings is 1. The van der Waals surface area contributed by atoms with E-state index in [0.29, 0.717) is 0 Å². The molecule has 0 aliphatic carbocycles. The maximum atomic E-state index is 5.63. The van der Waals surface area contributed by atoms with E-state index in [0.717, 1.165) is 6.54 Å². The topological polar surface area (TPSA) is 30.5 Å². The summed E-state index contributed by atoms with van der Waals surface area (Å²) in [6, 6.07) is 10.2. The molecule has 1 aliphatic heterocycles. The summed E-state index contributed by atoms with van der Waals surface area (Å²) in [6.45, 7) is 0.837. The van der Waals surface area contributed by atoms with Crippen LogP contribution in [0.15, 0.2) is 30.3 Å². The molecule has 0 bridgehead atoms. The highest BCUT2D eigenvalue weighted by atomic mass is 31.2. The predicted octanol–water partition coefficient (Wildman–Crippen LogP) is 2.22. The zero-order chi connectivity index (χ0) is 9.10. The predicted molar refractivity (Wildman–Crippen MR) is 52.2 cm³/mol. The summed E-state index contributed by atoms with van der Waals surface area (Å²) in [5, 5.41) is 3.18. The zero-order valence-corrected chi connectivity index (χ0v) is 8.33. The molecular weight excluding hydrogens is 185 g/mol. The lowest BCUT2D eigenvalue weighted by Crippen LogP contribution is -2.05. The molecule has 1 fully saturated rings. The number of nitrogens with one attached hydrogen (secondary N) is 1. The van der Waals surface area contributed by atoms with Gasteiger partial charge in [-0.05, 0) is 5.56 Å². The molecule has 3 nitrogen and oxygen atoms in total. The van der Waals surface area contributed by atoms with Crippen LogP contribution in [0.3, 0.4) is 0 Å². The third kappa shape index (κ3) is 2.06. The van der Waals surface area contributed by atoms with Crippen molar-refractivity contribution in [1.29, 1.82) is 0 Å². The molecule has 0 saturated carbocycles. The second-order valence-electron chi connectivity index (χ2n) is 2.81. The molecule has 1 aliphatic rings. The minimum atomic E-state index is -0.856. The fraction of sp³-hybridized carbons (Fsp3) is 0.333. The summed E-state index contributed by atoms with van der Waals surface area (Å²) < 4.78 is 10.7. The highest BCUT2D eigenvalue weighted by Crippen LogP contribution is 2.44. The van der Waals surface area contributed by atoms with Gasteiger partial charge in [-0.25, -0.2) is 5.09 Å². The first kappa shape index (κ1) is 9.10. The van der Waals surface area contributed by atoms with Crippen molar-refractivity contribution in [1.82, 2.24) is 5.09 Å². The van der Waals surface area contributed by atoms with Crippen molar-refractivity contribution in [3.63, 3.8) is 0 Å². The number of rotatable bonds is 2. The minimum Gasteiger partial charge on any atom is -0.325 e. The lowest BCUT2D eigenvalue weighted by atomic mass is 10.1. The summed E-state index contributed by atoms with van der Waals surface area (Å²) in [6.07, 6.45) is 0.146. The second-order valence-corrected chi connectivity index (χ2v) is 4.21. The fourth-order valence-electron chi connectivity index (χ4n) is 1.30. The van der Waals surface area contributed by atoms with Crippen LogP contribution in [0.5, 0.6) is 0 Å². The summed E-state index contributed by atoms with van der Waals surface area (Å²) in [4.78, 5) is 0. The third-order valence-corrected chi connectivity index (χ3v) is 3.18. The first-order valence-electron chi connectivity index (χ1n) is 4.19. The summed E-state index contributed by atoms with van der Waals surface area (Å²) in [5.41, 5.74) is 1.21. The number of hydrogen-bond donors (Lipinski definition) is 1. The van der Waals surface area contributed by atoms with Crippen LogP contribution in [0.25, 0.3) is 0 Å². The Hall–Kier alpha value is -0.470. The molecule has 0 spiro atoms. The van der Waals surface area contributed by atoms with Gasteiger partial charge in [0.25, 0.3) is 8.53 Å². The average Bonchev–Trinajstić information content (AvgIpc) is 2.67. The zero-order valence-electron chi connectivity index (χ0n) is 7.43. The van der Waals surface area contributed by atoms with E-state index < -0.39 is 8.53 Å². The van der Waals surface area contributed by atoms with Crippen LogP contribution in [0.4, 0.5) is 0 Å². The van der Waals surface area contributed by atoms with E-state index in [1.807, 2.05) is 18.2 Å². The highest BCUT2D eigenvalue weighted by Gasteiger charge is 2.26. The molecule has 1 aromatic rings. The van der Waals surface area contributed by atoms with Crippen molar-refractivity contribution in [3.8, 4) is 0 Å². The Labute approximate surface area is 79.0 Å². The molecule has 1 saturated heterocycles. The van der Waals surface area contributed by atoms with Gasteiger partial charge in [0.2, 0.25) is 0 Å². The molecule has 0 radical (unpaired) electrons. The maximum Gasteiger partial charge on any atom is 0.256 e. The maximum absolute atomic E-state index is 5.63. The van der Waals surface area contributed by atoms with Crippen LogP contribution >= 0.6 is 8.53 Å². The van der Waals surface area contributed by atoms with E-state index >= 15 is 0 Å². The van der Waals surface area contributed by atoms with Crippen molar-refractivity contribution in [2.45, 2.75) is 6.10 Å². The van der Waals surface area contributed by atoms with E-state index in [1.165, 1.54) is 5.56 Å². The Kier molecular flexibility index (Phi) is 2.91. The monoisotopic (exact) mass is 197 g/mol. The molecule has 1 N–H and O–H groups in total. The van der Waals surface area contributed by atoms with Gasteiger partial charge in [0.15, 0.2) is 0 Å². The van der Waals surface area contributed by atoms with Gasteiger partial charge in [0.1, 0.15) is 6.10 Å². The standard InChI is InChI=1S/C9H12NO2P/c1-11-13-10-7-9(12-13)8-5-3-2-4-6-8/h2-6,9-10H,7H2,1H3. The van der Waals surface area contributed by atoms with Gasteiger partial charge in [-0.1, -0.05) is 30.3 Å². The molecule has 70 valence electrons. The van der Waals surface area contributed by atoms with Crippen LogP contribution in [-0.2, 0) is 9.05 Å². The molecular formula is C9H12NO2P. The van der Waals surface area contributed by atoms with E-state index in [2.05, 4.69) is 17.2 Å². The van der Waals surface area contributed by atoms with Gasteiger partial charge in [0, 0.05) is 13.7 Å². The van der Waals surface area contributed by atoms with Gasteiger partial charge in [-0.15, -0.1) is 0 Å². The summed E-state index contributed by atoms with van der Waals surface area (Å²) in [7, 11) is 0.803. The first-order valence-corrected chi connectivity index (χ1v) is 5.37. The van der Waals surface area contributed by atoms with Crippen LogP contribution < -0.4 is 5.09 Å². The molecule has 0 aromatic heterocycles. The van der Waals surface area contributed by atoms with Gasteiger partial charge in [0.05, 0.1) is 0 Å². The SMILES string of the molecule is COP1NCC(c2ccccc2)O1. The molecule has 2 rings (SSSR count). The van der Waals surface area contributed by atoms with E-state index in [9.17, 15) is 0 Å². The lowest BCUT2D eigenvalue weighted by Gasteiger charge is -2.09. The molecule has 2 unspecified atom stereocenters. The third-order valence-electron chi connectivity index (χ3n) is 1.97. The molecule has 1 aromatic carbocycles. The molecule has 2 atom stereocenters. The Morgan fingerprint density at radius 1 is 1.46 bits per heavy atom. The van der Waals surface area contributed by atoms with Gasteiger partial charge >= 0.3 is 0 Å². The van der Waals surface area contributed by atoms with E-state index in [1.54, 1.807) is 7.11 Å². The van der Waals surface area contributed by atoms with Crippen molar-refractivity contribution < 1.29 is 9.05 Å². The lowest BCUT2D eigenvalue weighted by molar-refractivity contribution is 0.235. The Morgan fingerprint density at radius 3 is 2.85 bits per heavy atom. The van der Waals surface area contributed by atoms with Crippen molar-refractivity contribution in [2.75, 3.05) is 13.7 Å². The van der Waals surface area contributed by atoms with Gasteiger partial charge < -0.3 is 9.05 Å². The van der Waals surface area contributed by atoms with Crippen molar-refractivity contribution in [3.05, 3.63) is 35.9 Å². The second kappa shape index (κ2) is 4.16. The largest absolute Gasteiger partial charge is 0.325 e. The Morgan fingerprint density at radius 2 is 2.23 bits per heavy atom. The summed E-state index contributed by atoms with van der Waals surface area (Å²) in [5.74, 6) is 0. The normalized spacial score (nSPS) is 27.8. The average molecular weight is 197 g/mol. The van der Waals surface area contributed by atoms with E-state index in [4.69, 9.17) is 9.05 Å². The smallest absolute Gasteiger partial charge is 0.256 e. The molecule has 4 heteroatoms. The van der Waals surface area contributed by atoms with Crippen molar-refractivity contribution >= 4 is 8.53 Å². The molecule has 13 heavy (non-hydrogen) atoms. The van der Waals surface area contributed by atoms with Crippen molar-refractivity contribution in [2.24, 2.45) is 0 Å². The van der Waals surface area contributed by atoms with Crippen LogP contribution in [0, 0.1) is 0 Å². The van der Waals surface area contributed by atoms with Crippen LogP contribution in [-0.4, -0.2) is 13.7 Å². The Balaban J connectivity index is 2.04. The summed E-state index contributed by atoms with van der Waals surface area (Å²) >= 11 is 0. The quantitative estimate of drug-likeness (QED) is 0.737. The van der Waals surface area contributed by atoms with Gasteiger partial charge in [-0.3, -0.25) is 0 Å². The number of hydrogen-bond acceptors (Lipinski definition) is 3.